The molecule has 1 unspecified atom stereocenters. The van der Waals surface area contributed by atoms with Gasteiger partial charge in [0.1, 0.15) is 11.2 Å². The fourth-order valence-electron chi connectivity index (χ4n) is 4.84. The molecule has 0 aromatic carbocycles. The van der Waals surface area contributed by atoms with Crippen molar-refractivity contribution in [2.45, 2.75) is 43.7 Å². The summed E-state index contributed by atoms with van der Waals surface area (Å²) in [5.41, 5.74) is 4.91. The summed E-state index contributed by atoms with van der Waals surface area (Å²) < 4.78 is 16.6. The Morgan fingerprint density at radius 1 is 1.41 bits per heavy atom. The van der Waals surface area contributed by atoms with Gasteiger partial charge in [0.25, 0.3) is 0 Å². The Morgan fingerprint density at radius 3 is 2.63 bits per heavy atom. The van der Waals surface area contributed by atoms with Crippen LogP contribution in [0.15, 0.2) is 17.1 Å². The third-order valence-electron chi connectivity index (χ3n) is 6.46. The minimum absolute atomic E-state index is 0.0237. The monoisotopic (exact) mass is 372 g/mol. The van der Waals surface area contributed by atoms with E-state index in [4.69, 9.17) is 5.73 Å². The molecule has 3 heterocycles. The molecule has 2 aromatic rings. The van der Waals surface area contributed by atoms with Crippen molar-refractivity contribution in [3.63, 3.8) is 0 Å². The van der Waals surface area contributed by atoms with Gasteiger partial charge in [-0.2, -0.15) is 0 Å². The zero-order valence-corrected chi connectivity index (χ0v) is 15.0. The lowest BCUT2D eigenvalue weighted by Crippen LogP contribution is -2.59. The first kappa shape index (κ1) is 16.7. The van der Waals surface area contributed by atoms with Gasteiger partial charge in [-0.3, -0.25) is 4.79 Å². The van der Waals surface area contributed by atoms with Gasteiger partial charge in [-0.15, -0.1) is 0 Å². The van der Waals surface area contributed by atoms with Gasteiger partial charge in [-0.1, -0.05) is 0 Å². The number of aromatic nitrogens is 2. The molecule has 6 rings (SSSR count). The van der Waals surface area contributed by atoms with Crippen LogP contribution in [0.3, 0.4) is 0 Å². The fourth-order valence-corrected chi connectivity index (χ4v) is 4.84. The lowest BCUT2D eigenvalue weighted by molar-refractivity contribution is -0.0864. The number of carbonyl (C=O) groups is 1. The number of anilines is 1. The van der Waals surface area contributed by atoms with Gasteiger partial charge in [0, 0.05) is 30.4 Å². The lowest BCUT2D eigenvalue weighted by Gasteiger charge is -2.62. The van der Waals surface area contributed by atoms with Crippen LogP contribution in [0.4, 0.5) is 10.2 Å². The van der Waals surface area contributed by atoms with E-state index in [1.807, 2.05) is 11.5 Å². The maximum absolute atomic E-state index is 14.8. The first-order valence-electron chi connectivity index (χ1n) is 9.23. The smallest absolute Gasteiger partial charge is 0.341 e. The molecule has 1 atom stereocenters. The average Bonchev–Trinajstić information content (AvgIpc) is 2.86. The number of hydrogen-bond donors (Lipinski definition) is 2. The molecule has 2 aromatic heterocycles. The van der Waals surface area contributed by atoms with Gasteiger partial charge in [0.15, 0.2) is 11.6 Å². The van der Waals surface area contributed by atoms with Gasteiger partial charge in [-0.05, 0) is 44.6 Å². The van der Waals surface area contributed by atoms with Crippen LogP contribution in [0.5, 0.6) is 0 Å². The minimum Gasteiger partial charge on any atom is -0.477 e. The number of aromatic carboxylic acids is 1. The van der Waals surface area contributed by atoms with Crippen molar-refractivity contribution in [3.05, 3.63) is 33.9 Å². The van der Waals surface area contributed by atoms with Gasteiger partial charge in [-0.25, -0.2) is 14.2 Å². The van der Waals surface area contributed by atoms with Crippen LogP contribution in [0, 0.1) is 11.7 Å². The first-order valence-corrected chi connectivity index (χ1v) is 9.23. The third-order valence-corrected chi connectivity index (χ3v) is 6.46. The molecule has 1 aliphatic heterocycles. The summed E-state index contributed by atoms with van der Waals surface area (Å²) in [6.45, 7) is 2.99. The van der Waals surface area contributed by atoms with Crippen molar-refractivity contribution in [2.75, 3.05) is 18.0 Å². The molecule has 27 heavy (non-hydrogen) atoms. The Bertz CT molecular complexity index is 1040. The highest BCUT2D eigenvalue weighted by Crippen LogP contribution is 2.62. The van der Waals surface area contributed by atoms with Gasteiger partial charge < -0.3 is 20.3 Å². The highest BCUT2D eigenvalue weighted by atomic mass is 19.1. The van der Waals surface area contributed by atoms with E-state index in [-0.39, 0.29) is 22.3 Å². The van der Waals surface area contributed by atoms with Crippen LogP contribution < -0.4 is 16.1 Å². The maximum atomic E-state index is 14.8. The summed E-state index contributed by atoms with van der Waals surface area (Å²) in [5.74, 6) is -1.09. The van der Waals surface area contributed by atoms with Gasteiger partial charge in [0.2, 0.25) is 5.43 Å². The second-order valence-electron chi connectivity index (χ2n) is 8.74. The summed E-state index contributed by atoms with van der Waals surface area (Å²) in [6, 6.07) is 1.14. The van der Waals surface area contributed by atoms with E-state index >= 15 is 0 Å². The summed E-state index contributed by atoms with van der Waals surface area (Å²) >= 11 is 0. The Hall–Kier alpha value is -2.48. The lowest BCUT2D eigenvalue weighted by atomic mass is 9.49. The highest BCUT2D eigenvalue weighted by molar-refractivity contribution is 5.92. The topological polar surface area (TPSA) is 101 Å². The van der Waals surface area contributed by atoms with Crippen LogP contribution in [0.25, 0.3) is 11.0 Å². The van der Waals surface area contributed by atoms with E-state index in [1.54, 1.807) is 4.90 Å². The molecule has 0 amide bonds. The summed E-state index contributed by atoms with van der Waals surface area (Å²) in [4.78, 5) is 30.5. The van der Waals surface area contributed by atoms with Crippen LogP contribution in [-0.4, -0.2) is 39.3 Å². The van der Waals surface area contributed by atoms with Crippen LogP contribution >= 0.6 is 0 Å². The highest BCUT2D eigenvalue weighted by Gasteiger charge is 2.58. The molecule has 3 N–H and O–H groups in total. The van der Waals surface area contributed by atoms with E-state index in [9.17, 15) is 19.1 Å². The Kier molecular flexibility index (Phi) is 3.13. The van der Waals surface area contributed by atoms with E-state index in [0.717, 1.165) is 31.7 Å². The molecule has 0 spiro atoms. The summed E-state index contributed by atoms with van der Waals surface area (Å²) in [7, 11) is 0. The van der Waals surface area contributed by atoms with Crippen molar-refractivity contribution >= 4 is 22.8 Å². The molecule has 2 bridgehead atoms. The number of nitrogens with zero attached hydrogens (tertiary/aromatic N) is 3. The number of carboxylic acid groups (broad SMARTS) is 1. The molecular formula is C19H21FN4O3. The van der Waals surface area contributed by atoms with E-state index < -0.39 is 22.8 Å². The second-order valence-corrected chi connectivity index (χ2v) is 8.74. The molecule has 7 nitrogen and oxygen atoms in total. The predicted molar refractivity (Wildman–Crippen MR) is 97.7 cm³/mol. The number of fused-ring (bicyclic) bond motifs is 1. The van der Waals surface area contributed by atoms with E-state index in [0.29, 0.717) is 24.7 Å². The number of carboxylic acids is 1. The van der Waals surface area contributed by atoms with E-state index in [1.165, 1.54) is 6.20 Å². The van der Waals surface area contributed by atoms with Crippen molar-refractivity contribution in [2.24, 2.45) is 11.7 Å². The Morgan fingerprint density at radius 2 is 2.11 bits per heavy atom. The number of halogens is 1. The summed E-state index contributed by atoms with van der Waals surface area (Å²) in [6.07, 6.45) is 4.96. The largest absolute Gasteiger partial charge is 0.477 e. The van der Waals surface area contributed by atoms with Crippen molar-refractivity contribution in [1.82, 2.24) is 9.55 Å². The number of rotatable bonds is 3. The number of nitrogens with two attached hydrogens (primary N) is 1. The van der Waals surface area contributed by atoms with Gasteiger partial charge in [0.05, 0.1) is 5.39 Å². The molecule has 8 heteroatoms. The van der Waals surface area contributed by atoms with E-state index in [2.05, 4.69) is 4.98 Å². The maximum Gasteiger partial charge on any atom is 0.341 e. The Labute approximate surface area is 154 Å². The standard InChI is InChI=1S/C19H21FN4O3/c1-18(21)2-3-23(9-18)16-13(20)4-11-14(25)12(17(26)27)8-24(15(11)22-16)19-5-10(6-19)7-19/h4,8,10H,2-3,5-7,9,21H2,1H3,(H,26,27). The zero-order chi connectivity index (χ0) is 19.1. The zero-order valence-electron chi connectivity index (χ0n) is 15.0. The molecule has 1 saturated heterocycles. The molecule has 0 radical (unpaired) electrons. The average molecular weight is 372 g/mol. The van der Waals surface area contributed by atoms with Crippen molar-refractivity contribution in [3.8, 4) is 0 Å². The molecular weight excluding hydrogens is 351 g/mol. The quantitative estimate of drug-likeness (QED) is 0.850. The Balaban J connectivity index is 1.74. The molecule has 142 valence electrons. The van der Waals surface area contributed by atoms with Gasteiger partial charge >= 0.3 is 5.97 Å². The minimum atomic E-state index is -1.30. The summed E-state index contributed by atoms with van der Waals surface area (Å²) in [5, 5.41) is 9.45. The fraction of sp³-hybridized carbons (Fsp3) is 0.526. The number of pyridine rings is 2. The molecule has 3 aliphatic carbocycles. The number of hydrogen-bond acceptors (Lipinski definition) is 5. The molecule has 4 fully saturated rings. The van der Waals surface area contributed by atoms with Crippen LogP contribution in [0.2, 0.25) is 0 Å². The second kappa shape index (κ2) is 5.07. The van der Waals surface area contributed by atoms with Crippen molar-refractivity contribution < 1.29 is 14.3 Å². The molecule has 4 aliphatic rings. The van der Waals surface area contributed by atoms with Crippen LogP contribution in [0.1, 0.15) is 43.0 Å². The normalized spacial score (nSPS) is 31.7. The third kappa shape index (κ3) is 2.25. The predicted octanol–water partition coefficient (Wildman–Crippen LogP) is 1.67. The molecule has 3 saturated carbocycles. The SMILES string of the molecule is CC1(N)CCN(c2nc3c(cc2F)c(=O)c(C(=O)O)cn3C23CC(C2)C3)C1. The van der Waals surface area contributed by atoms with Crippen molar-refractivity contribution in [1.29, 1.82) is 0 Å². The van der Waals surface area contributed by atoms with Crippen LogP contribution in [-0.2, 0) is 5.54 Å². The first-order chi connectivity index (χ1) is 12.7.